The normalized spacial score (nSPS) is 17.8. The van der Waals surface area contributed by atoms with Crippen molar-refractivity contribution >= 4 is 23.5 Å². The molecular formula is C30H42O4S. The molecule has 0 saturated carbocycles. The minimum Gasteiger partial charge on any atom is -0.466 e. The number of hydrogen-bond acceptors (Lipinski definition) is 5. The van der Waals surface area contributed by atoms with Crippen molar-refractivity contribution in [3.63, 3.8) is 0 Å². The van der Waals surface area contributed by atoms with Crippen molar-refractivity contribution in [2.24, 2.45) is 5.92 Å². The van der Waals surface area contributed by atoms with Crippen molar-refractivity contribution < 1.29 is 19.4 Å². The molecule has 0 aromatic heterocycles. The number of carbonyl (C=O) groups excluding carboxylic acids is 2. The number of rotatable bonds is 17. The standard InChI is InChI=1S/C30H42O4S/c1-3-5-11-16-25(31)22-21-24-23-28(35-26-17-12-10-13-18-26)30(33)27(24)19-14-8-6-7-9-15-20-29(32)34-4-2/h10,12-13,17-19,21-25,31H,3-9,11,14-16,20H2,1-2H3/b22-21+,27-19-. The van der Waals surface area contributed by atoms with Gasteiger partial charge in [-0.25, -0.2) is 0 Å². The van der Waals surface area contributed by atoms with Crippen LogP contribution in [0.5, 0.6) is 0 Å². The van der Waals surface area contributed by atoms with Crippen LogP contribution < -0.4 is 0 Å². The number of thioether (sulfide) groups is 1. The number of ether oxygens (including phenoxy) is 1. The van der Waals surface area contributed by atoms with Crippen LogP contribution >= 0.6 is 11.8 Å². The number of allylic oxidation sites excluding steroid dienone is 5. The summed E-state index contributed by atoms with van der Waals surface area (Å²) in [6, 6.07) is 9.98. The van der Waals surface area contributed by atoms with Crippen molar-refractivity contribution in [3.05, 3.63) is 65.1 Å². The van der Waals surface area contributed by atoms with E-state index in [-0.39, 0.29) is 17.7 Å². The van der Waals surface area contributed by atoms with Gasteiger partial charge in [0.2, 0.25) is 0 Å². The van der Waals surface area contributed by atoms with Gasteiger partial charge in [0.05, 0.1) is 17.6 Å². The first-order valence-electron chi connectivity index (χ1n) is 13.3. The number of aliphatic hydroxyl groups is 1. The summed E-state index contributed by atoms with van der Waals surface area (Å²) >= 11 is 1.51. The molecule has 2 atom stereocenters. The fourth-order valence-electron chi connectivity index (χ4n) is 4.09. The zero-order valence-electron chi connectivity index (χ0n) is 21.4. The minimum atomic E-state index is -0.466. The van der Waals surface area contributed by atoms with Gasteiger partial charge in [-0.15, -0.1) is 0 Å². The van der Waals surface area contributed by atoms with Crippen LogP contribution in [0.2, 0.25) is 0 Å². The van der Waals surface area contributed by atoms with Gasteiger partial charge >= 0.3 is 5.97 Å². The number of unbranched alkanes of at least 4 members (excludes halogenated alkanes) is 7. The molecule has 0 bridgehead atoms. The minimum absolute atomic E-state index is 0.0842. The molecule has 0 saturated heterocycles. The quantitative estimate of drug-likeness (QED) is 0.104. The van der Waals surface area contributed by atoms with Crippen molar-refractivity contribution in [2.45, 2.75) is 95.5 Å². The second-order valence-electron chi connectivity index (χ2n) is 9.02. The van der Waals surface area contributed by atoms with Gasteiger partial charge in [0.1, 0.15) is 0 Å². The van der Waals surface area contributed by atoms with E-state index in [0.717, 1.165) is 79.6 Å². The van der Waals surface area contributed by atoms with Crippen molar-refractivity contribution in [3.8, 4) is 0 Å². The average Bonchev–Trinajstić information content (AvgIpc) is 3.14. The molecule has 1 aliphatic carbocycles. The Balaban J connectivity index is 1.90. The Labute approximate surface area is 215 Å². The molecule has 0 spiro atoms. The van der Waals surface area contributed by atoms with Crippen LogP contribution in [0.4, 0.5) is 0 Å². The highest BCUT2D eigenvalue weighted by atomic mass is 32.2. The van der Waals surface area contributed by atoms with Crippen molar-refractivity contribution in [1.29, 1.82) is 0 Å². The van der Waals surface area contributed by atoms with Crippen LogP contribution in [0.1, 0.15) is 84.5 Å². The Morgan fingerprint density at radius 1 is 1.06 bits per heavy atom. The number of esters is 1. The molecule has 2 rings (SSSR count). The van der Waals surface area contributed by atoms with Gasteiger partial charge < -0.3 is 9.84 Å². The lowest BCUT2D eigenvalue weighted by atomic mass is 9.98. The van der Waals surface area contributed by atoms with Gasteiger partial charge in [-0.2, -0.15) is 0 Å². The highest BCUT2D eigenvalue weighted by Gasteiger charge is 2.28. The first-order chi connectivity index (χ1) is 17.0. The molecular weight excluding hydrogens is 456 g/mol. The van der Waals surface area contributed by atoms with Crippen LogP contribution in [-0.4, -0.2) is 29.6 Å². The predicted octanol–water partition coefficient (Wildman–Crippen LogP) is 7.58. The largest absolute Gasteiger partial charge is 0.466 e. The molecule has 1 aromatic carbocycles. The van der Waals surface area contributed by atoms with Crippen LogP contribution in [0, 0.1) is 5.92 Å². The molecule has 0 radical (unpaired) electrons. The second-order valence-corrected chi connectivity index (χ2v) is 10.1. The Morgan fingerprint density at radius 3 is 2.54 bits per heavy atom. The lowest BCUT2D eigenvalue weighted by Crippen LogP contribution is -2.05. The lowest BCUT2D eigenvalue weighted by molar-refractivity contribution is -0.143. The first-order valence-corrected chi connectivity index (χ1v) is 14.1. The maximum atomic E-state index is 13.2. The van der Waals surface area contributed by atoms with E-state index in [2.05, 4.69) is 13.0 Å². The van der Waals surface area contributed by atoms with E-state index in [9.17, 15) is 14.7 Å². The molecule has 1 aromatic rings. The lowest BCUT2D eigenvalue weighted by Gasteiger charge is -2.08. The van der Waals surface area contributed by atoms with E-state index < -0.39 is 6.10 Å². The number of benzene rings is 1. The third kappa shape index (κ3) is 11.4. The molecule has 1 aliphatic rings. The Kier molecular flexibility index (Phi) is 14.4. The van der Waals surface area contributed by atoms with E-state index in [0.29, 0.717) is 13.0 Å². The zero-order chi connectivity index (χ0) is 25.3. The van der Waals surface area contributed by atoms with Crippen LogP contribution in [-0.2, 0) is 14.3 Å². The molecule has 0 aliphatic heterocycles. The Morgan fingerprint density at radius 2 is 1.80 bits per heavy atom. The summed E-state index contributed by atoms with van der Waals surface area (Å²) in [6.45, 7) is 4.43. The van der Waals surface area contributed by atoms with Gasteiger partial charge in [0.25, 0.3) is 0 Å². The van der Waals surface area contributed by atoms with E-state index >= 15 is 0 Å². The third-order valence-electron chi connectivity index (χ3n) is 6.05. The molecule has 5 heteroatoms. The molecule has 0 heterocycles. The summed E-state index contributed by atoms with van der Waals surface area (Å²) in [5.41, 5.74) is 0.822. The van der Waals surface area contributed by atoms with Gasteiger partial charge in [0.15, 0.2) is 5.78 Å². The topological polar surface area (TPSA) is 63.6 Å². The van der Waals surface area contributed by atoms with E-state index in [1.165, 1.54) is 11.8 Å². The van der Waals surface area contributed by atoms with E-state index in [1.807, 2.05) is 55.5 Å². The molecule has 192 valence electrons. The van der Waals surface area contributed by atoms with E-state index in [1.54, 1.807) is 0 Å². The number of ketones is 1. The highest BCUT2D eigenvalue weighted by Crippen LogP contribution is 2.38. The zero-order valence-corrected chi connectivity index (χ0v) is 22.2. The molecule has 0 amide bonds. The summed E-state index contributed by atoms with van der Waals surface area (Å²) in [4.78, 5) is 26.4. The monoisotopic (exact) mass is 498 g/mol. The SMILES string of the molecule is CCCCCC(O)/C=C/C1C=C(Sc2ccccc2)C(=O)/C1=C\CCCCCCCC(=O)OCC. The van der Waals surface area contributed by atoms with Crippen LogP contribution in [0.25, 0.3) is 0 Å². The van der Waals surface area contributed by atoms with Crippen molar-refractivity contribution in [1.82, 2.24) is 0 Å². The first kappa shape index (κ1) is 29.1. The highest BCUT2D eigenvalue weighted by molar-refractivity contribution is 8.04. The maximum Gasteiger partial charge on any atom is 0.305 e. The van der Waals surface area contributed by atoms with Crippen LogP contribution in [0.3, 0.4) is 0 Å². The van der Waals surface area contributed by atoms with Gasteiger partial charge in [-0.1, -0.05) is 99.7 Å². The summed E-state index contributed by atoms with van der Waals surface area (Å²) in [5.74, 6) is -0.0919. The average molecular weight is 499 g/mol. The summed E-state index contributed by atoms with van der Waals surface area (Å²) in [6.07, 6.45) is 18.0. The number of carbonyl (C=O) groups is 2. The summed E-state index contributed by atoms with van der Waals surface area (Å²) in [5, 5.41) is 10.3. The second kappa shape index (κ2) is 17.3. The molecule has 0 fully saturated rings. The fraction of sp³-hybridized carbons (Fsp3) is 0.533. The third-order valence-corrected chi connectivity index (χ3v) is 7.09. The van der Waals surface area contributed by atoms with Crippen LogP contribution in [0.15, 0.2) is 70.0 Å². The number of hydrogen-bond donors (Lipinski definition) is 1. The summed E-state index contributed by atoms with van der Waals surface area (Å²) in [7, 11) is 0. The predicted molar refractivity (Wildman–Crippen MR) is 145 cm³/mol. The molecule has 1 N–H and O–H groups in total. The number of aliphatic hydroxyl groups excluding tert-OH is 1. The van der Waals surface area contributed by atoms with Gasteiger partial charge in [-0.05, 0) is 44.7 Å². The summed E-state index contributed by atoms with van der Waals surface area (Å²) < 4.78 is 4.96. The smallest absolute Gasteiger partial charge is 0.305 e. The van der Waals surface area contributed by atoms with Crippen molar-refractivity contribution in [2.75, 3.05) is 6.61 Å². The number of Topliss-reactive ketones (excluding diaryl/α,β-unsaturated/α-hetero) is 1. The molecule has 35 heavy (non-hydrogen) atoms. The Bertz CT molecular complexity index is 856. The Hall–Kier alpha value is -2.11. The molecule has 2 unspecified atom stereocenters. The van der Waals surface area contributed by atoms with Gasteiger partial charge in [0, 0.05) is 22.8 Å². The fourth-order valence-corrected chi connectivity index (χ4v) is 5.06. The van der Waals surface area contributed by atoms with E-state index in [4.69, 9.17) is 4.74 Å². The maximum absolute atomic E-state index is 13.2. The van der Waals surface area contributed by atoms with Gasteiger partial charge in [-0.3, -0.25) is 9.59 Å². The molecule has 4 nitrogen and oxygen atoms in total.